The van der Waals surface area contributed by atoms with Gasteiger partial charge < -0.3 is 84.6 Å². The molecule has 3 heterocycles. The van der Waals surface area contributed by atoms with E-state index in [2.05, 4.69) is 74.4 Å². The molecule has 1 fully saturated rings. The molecular formula is C101H110BrClF6N6Na2O31S. The summed E-state index contributed by atoms with van der Waals surface area (Å²) in [6, 6.07) is 58.0. The molecule has 0 radical (unpaired) electrons. The number of hydrazine groups is 1. The van der Waals surface area contributed by atoms with Crippen molar-refractivity contribution in [1.29, 1.82) is 0 Å². The normalized spacial score (nSPS) is 10.1. The van der Waals surface area contributed by atoms with Crippen LogP contribution in [0.2, 0.25) is 0 Å². The molecule has 794 valence electrons. The number of aromatic nitrogens is 4. The summed E-state index contributed by atoms with van der Waals surface area (Å²) < 4.78 is 149. The van der Waals surface area contributed by atoms with Crippen LogP contribution in [-0.2, 0) is 76.9 Å². The molecule has 0 saturated carbocycles. The van der Waals surface area contributed by atoms with Crippen LogP contribution in [0.5, 0.6) is 34.5 Å². The Hall–Kier alpha value is -13.6. The number of fused-ring (bicyclic) bond motifs is 2. The van der Waals surface area contributed by atoms with Crippen molar-refractivity contribution in [2.75, 3.05) is 48.8 Å². The number of aromatic hydroxyl groups is 3. The Kier molecular flexibility index (Phi) is 71.2. The second-order valence-electron chi connectivity index (χ2n) is 28.3. The molecule has 1 aliphatic heterocycles. The maximum absolute atomic E-state index is 14.1. The molecule has 48 heteroatoms. The zero-order valence-corrected chi connectivity index (χ0v) is 89.8. The standard InChI is InChI=1S/C18H17FO4.C18H18N2O3.C17H16N2O3.C11H11FO4.C8H7FO3.C7H7Br.C7H4F2O2.C7H5FO3.C4H8O.C3H5ClO.CH4O.H4N2.2Na.H2O4S.2H2O/c1-3-16(20)13-9-14(18(21)22-2)17(10-15(13)19)23-11-12-7-5-4-6-8-12;1-3-15-13-9-14(18(21)22-2)17(10-16(13)20-19-15)23-11-12-7-5-4-6-8-12;1-2-14-12-8-13(17(20)21)16(9-15(12)19-18-14)22-10-11-6-4-3-5-7-11;1-3-9(13)6-4-7(11(15)16-2)10(14)5-8(6)12;1-12-8(11)6-3-2-5(9)4-7(6)10;8-6-7-4-2-1-3-5-7;2*8-4-1-2-5(7(10)11)6(9)3-4;1-2-4-5-3-1;1-2-3(4)5;2*1-2;;;1-5(2,3)4;;/h4-10H,3,11H2,1-2H3;4-10H,3,11H2,1-2H3,(H,19,20);3-9H,2,10H2,1H3,(H,18,19)(H,20,21);4-5,14H,3H2,1-2H3;2-4,10H,1H3;1-5H,6H2;1-3H,(H,10,11);1-3,9H,(H,10,11);1-4H2;2H2,1H3;2H,1H3;1-2H2;;;(H2,1,2,3,4);2*1H2/q;;;;;;;;;;;;2*+1;;;/p-2. The van der Waals surface area contributed by atoms with Crippen LogP contribution in [-0.4, -0.2) is 192 Å². The number of ether oxygens (including phenoxy) is 8. The number of carboxylic acids is 3. The number of halogens is 8. The summed E-state index contributed by atoms with van der Waals surface area (Å²) in [6.45, 7) is 11.8. The van der Waals surface area contributed by atoms with Crippen LogP contribution in [0, 0.1) is 34.9 Å². The number of nitrogens with one attached hydrogen (secondary N) is 2. The largest absolute Gasteiger partial charge is 1.00 e. The van der Waals surface area contributed by atoms with E-state index in [4.69, 9.17) is 78.3 Å². The number of aromatic carboxylic acids is 3. The van der Waals surface area contributed by atoms with Crippen molar-refractivity contribution < 1.29 is 236 Å². The number of rotatable bonds is 24. The van der Waals surface area contributed by atoms with E-state index >= 15 is 0 Å². The first-order chi connectivity index (χ1) is 69.0. The van der Waals surface area contributed by atoms with Crippen LogP contribution >= 0.6 is 27.5 Å². The fourth-order valence-corrected chi connectivity index (χ4v) is 11.8. The molecule has 0 bridgehead atoms. The van der Waals surface area contributed by atoms with E-state index in [0.717, 1.165) is 162 Å². The van der Waals surface area contributed by atoms with Gasteiger partial charge in [0.15, 0.2) is 11.6 Å². The van der Waals surface area contributed by atoms with Crippen molar-refractivity contribution in [1.82, 2.24) is 20.4 Å². The number of aliphatic hydroxyl groups excluding tert-OH is 1. The molecule has 0 spiro atoms. The first-order valence-corrected chi connectivity index (χ1v) is 45.7. The molecule has 0 amide bonds. The number of methoxy groups -OCH3 is 4. The average Bonchev–Trinajstić information content (AvgIpc) is 1.64. The Bertz CT molecular complexity index is 6360. The molecular weight excluding hydrogens is 2100 g/mol. The summed E-state index contributed by atoms with van der Waals surface area (Å²) in [5.41, 5.74) is 6.76. The number of hydrogen-bond acceptors (Lipinski definition) is 30. The van der Waals surface area contributed by atoms with Crippen molar-refractivity contribution in [2.45, 2.75) is 105 Å². The number of aromatic amines is 2. The molecule has 0 atom stereocenters. The van der Waals surface area contributed by atoms with Gasteiger partial charge in [-0.1, -0.05) is 172 Å². The minimum atomic E-state index is -4.67. The van der Waals surface area contributed by atoms with Gasteiger partial charge in [-0.05, 0) is 120 Å². The number of hydrogen-bond donors (Lipinski definition) is 13. The number of alkyl halides is 1. The van der Waals surface area contributed by atoms with Crippen molar-refractivity contribution in [3.05, 3.63) is 343 Å². The van der Waals surface area contributed by atoms with E-state index in [0.29, 0.717) is 42.8 Å². The maximum atomic E-state index is 14.1. The zero-order valence-electron chi connectivity index (χ0n) is 82.6. The number of phenolic OH excluding ortho intramolecular Hbond substituents is 2. The number of esters is 4. The third-order valence-electron chi connectivity index (χ3n) is 18.5. The average molecular weight is 2210 g/mol. The van der Waals surface area contributed by atoms with E-state index in [1.807, 2.05) is 123 Å². The Morgan fingerprint density at radius 2 is 0.685 bits per heavy atom. The molecule has 149 heavy (non-hydrogen) atoms. The van der Waals surface area contributed by atoms with Gasteiger partial charge in [0, 0.05) is 98.2 Å². The van der Waals surface area contributed by atoms with Gasteiger partial charge in [0.05, 0.1) is 67.6 Å². The number of benzene rings is 11. The van der Waals surface area contributed by atoms with Gasteiger partial charge in [0.2, 0.25) is 5.24 Å². The second-order valence-corrected chi connectivity index (χ2v) is 30.2. The maximum Gasteiger partial charge on any atom is 1.00 e. The van der Waals surface area contributed by atoms with Gasteiger partial charge in [-0.2, -0.15) is 18.6 Å². The molecule has 17 N–H and O–H groups in total. The quantitative estimate of drug-likeness (QED) is 0.00255. The second kappa shape index (κ2) is 76.0. The molecule has 37 nitrogen and oxygen atoms in total. The summed E-state index contributed by atoms with van der Waals surface area (Å²) in [5, 5.41) is 77.1. The van der Waals surface area contributed by atoms with Gasteiger partial charge in [-0.25, -0.2) is 59.9 Å². The molecule has 13 aromatic rings. The van der Waals surface area contributed by atoms with Crippen molar-refractivity contribution >= 4 is 118 Å². The number of carbonyl (C=O) groups is 10. The molecule has 0 aliphatic carbocycles. The zero-order chi connectivity index (χ0) is 109. The van der Waals surface area contributed by atoms with E-state index in [9.17, 15) is 84.5 Å². The Labute approximate surface area is 910 Å². The topological polar surface area (TPSA) is 630 Å². The number of phenols is 3. The summed E-state index contributed by atoms with van der Waals surface area (Å²) in [5.74, 6) is -4.42. The minimum Gasteiger partial charge on any atom is -0.870 e. The van der Waals surface area contributed by atoms with Gasteiger partial charge >= 0.3 is 111 Å². The predicted octanol–water partition coefficient (Wildman–Crippen LogP) is 12.8. The molecule has 14 rings (SSSR count). The van der Waals surface area contributed by atoms with Crippen molar-refractivity contribution in [3.8, 4) is 34.5 Å². The molecule has 1 saturated heterocycles. The first kappa shape index (κ1) is 140. The Morgan fingerprint density at radius 1 is 0.396 bits per heavy atom. The van der Waals surface area contributed by atoms with Crippen LogP contribution in [0.15, 0.2) is 224 Å². The van der Waals surface area contributed by atoms with Crippen LogP contribution in [0.3, 0.4) is 0 Å². The van der Waals surface area contributed by atoms with Crippen molar-refractivity contribution in [2.24, 2.45) is 11.7 Å². The summed E-state index contributed by atoms with van der Waals surface area (Å²) in [7, 11) is 1.23. The predicted molar refractivity (Wildman–Crippen MR) is 531 cm³/mol. The number of ketones is 2. The minimum absolute atomic E-state index is 0. The molecule has 1 aliphatic rings. The number of nitrogens with zero attached hydrogens (tertiary/aromatic N) is 2. The monoisotopic (exact) mass is 2210 g/mol. The number of Topliss-reactive ketones (excluding diaryl/α,β-unsaturated/α-hetero) is 2. The first-order valence-electron chi connectivity index (χ1n) is 42.8. The summed E-state index contributed by atoms with van der Waals surface area (Å²) >= 11 is 8.18. The number of H-pyrrole nitrogens is 2. The van der Waals surface area contributed by atoms with Gasteiger partial charge in [0.1, 0.15) is 123 Å². The number of aliphatic hydroxyl groups is 1. The smallest absolute Gasteiger partial charge is 0.870 e. The fourth-order valence-electron chi connectivity index (χ4n) is 11.4. The molecule has 11 aromatic carbocycles. The van der Waals surface area contributed by atoms with E-state index in [1.165, 1.54) is 45.8 Å². The van der Waals surface area contributed by atoms with Gasteiger partial charge in [0.25, 0.3) is 0 Å². The van der Waals surface area contributed by atoms with Crippen LogP contribution < -0.4 is 85.0 Å². The van der Waals surface area contributed by atoms with Crippen LogP contribution in [0.4, 0.5) is 26.3 Å². The Morgan fingerprint density at radius 3 is 0.993 bits per heavy atom. The number of carboxylic acid groups (broad SMARTS) is 3. The number of aryl methyl sites for hydroxylation is 2. The molecule has 2 aromatic heterocycles. The molecule has 0 unspecified atom stereocenters. The van der Waals surface area contributed by atoms with Crippen molar-refractivity contribution in [3.63, 3.8) is 0 Å². The van der Waals surface area contributed by atoms with Crippen LogP contribution in [0.25, 0.3) is 21.8 Å². The van der Waals surface area contributed by atoms with Gasteiger partial charge in [-0.3, -0.25) is 45.4 Å². The number of carbonyl (C=O) groups excluding carboxylic acids is 7. The van der Waals surface area contributed by atoms with E-state index in [1.54, 1.807) is 45.0 Å². The summed E-state index contributed by atoms with van der Waals surface area (Å²) in [6.07, 6.45) is 4.76. The van der Waals surface area contributed by atoms with Crippen LogP contribution in [0.1, 0.15) is 194 Å². The Balaban J connectivity index is -0.00000161. The fraction of sp³-hybridized carbons (Fsp3) is 0.228. The van der Waals surface area contributed by atoms with Gasteiger partial charge in [-0.15, -0.1) is 0 Å². The third kappa shape index (κ3) is 50.8. The number of nitrogens with two attached hydrogens (primary N) is 2. The third-order valence-corrected chi connectivity index (χ3v) is 19.4. The summed E-state index contributed by atoms with van der Waals surface area (Å²) in [4.78, 5) is 111. The SMILES string of the molecule is BrCc1ccccc1.C1CCOC1.CCC(=O)Cl.CCC(=O)c1cc(C(=O)OC)c(O)cc1F.CCC(=O)c1cc(C(=O)OC)c(OCc2ccccc2)cc1F.CCc1n[nH]c2cc(OCc3ccccc3)c(C(=O)O)cc12.CCc1n[nH]c2cc(OCc3ccccc3)c(C(=O)OC)cc12.CO.COC(=O)c1ccc(F)cc1O.NN.O=C(O)c1ccc(F)cc1F.O=C(O)c1ccc(F)cc1O.O=S(=O)(O)O.[Na+].[Na+].[OH-].[OH-]. The van der Waals surface area contributed by atoms with E-state index in [-0.39, 0.29) is 145 Å². The van der Waals surface area contributed by atoms with E-state index < -0.39 is 116 Å².